The summed E-state index contributed by atoms with van der Waals surface area (Å²) in [5.41, 5.74) is 10.4. The minimum absolute atomic E-state index is 0.206. The van der Waals surface area contributed by atoms with Gasteiger partial charge < -0.3 is 13.6 Å². The standard InChI is InChI=1S/C54H34N2O/c1-2-15-37(16-3-1)56-52-40-18-5-4-13-33(40)25-29-45(52)51-50-43-21-8-10-23-46(43)55(53(50)41-19-6-7-20-42(41)54(51)56)38-17-12-14-34(32-38)35-26-28-39-36(31-35)27-30-48-49(39)44-22-9-11-24-47(44)57-48/h1-15,17-32,37H,16H2. The highest BCUT2D eigenvalue weighted by molar-refractivity contribution is 6.38. The number of allylic oxidation sites excluding steroid dienone is 4. The fourth-order valence-corrected chi connectivity index (χ4v) is 10.2. The second-order valence-corrected chi connectivity index (χ2v) is 15.5. The Kier molecular flexibility index (Phi) is 6.28. The molecule has 0 saturated carbocycles. The largest absolute Gasteiger partial charge is 0.456 e. The van der Waals surface area contributed by atoms with Crippen LogP contribution in [0.5, 0.6) is 0 Å². The van der Waals surface area contributed by atoms with Crippen molar-refractivity contribution >= 4 is 97.9 Å². The van der Waals surface area contributed by atoms with Gasteiger partial charge in [-0.3, -0.25) is 0 Å². The maximum atomic E-state index is 6.22. The third kappa shape index (κ3) is 4.26. The van der Waals surface area contributed by atoms with Crippen LogP contribution in [0.1, 0.15) is 12.5 Å². The lowest BCUT2D eigenvalue weighted by molar-refractivity contribution is 0.650. The summed E-state index contributed by atoms with van der Waals surface area (Å²) in [6.45, 7) is 0. The summed E-state index contributed by atoms with van der Waals surface area (Å²) in [5.74, 6) is 0. The van der Waals surface area contributed by atoms with Crippen molar-refractivity contribution < 1.29 is 4.42 Å². The number of rotatable bonds is 3. The molecule has 0 saturated heterocycles. The smallest absolute Gasteiger partial charge is 0.136 e. The predicted octanol–water partition coefficient (Wildman–Crippen LogP) is 15.0. The van der Waals surface area contributed by atoms with Gasteiger partial charge in [0, 0.05) is 54.2 Å². The first kappa shape index (κ1) is 30.9. The highest BCUT2D eigenvalue weighted by Gasteiger charge is 2.26. The number of benzene rings is 9. The number of fused-ring (bicyclic) bond motifs is 17. The molecule has 0 fully saturated rings. The van der Waals surface area contributed by atoms with E-state index in [4.69, 9.17) is 4.42 Å². The zero-order valence-electron chi connectivity index (χ0n) is 31.0. The van der Waals surface area contributed by atoms with E-state index in [9.17, 15) is 0 Å². The van der Waals surface area contributed by atoms with Crippen molar-refractivity contribution in [2.45, 2.75) is 12.5 Å². The number of hydrogen-bond donors (Lipinski definition) is 0. The van der Waals surface area contributed by atoms with Crippen LogP contribution in [0.15, 0.2) is 193 Å². The SMILES string of the molecule is C1=CCC(n2c3c4ccccc4ccc3c3c4c5ccccc5n(-c5cccc(-c6ccc7c(ccc8oc9ccccc9c87)c6)c5)c4c4ccccc4c32)C=C1. The van der Waals surface area contributed by atoms with Crippen molar-refractivity contribution in [2.24, 2.45) is 0 Å². The van der Waals surface area contributed by atoms with Gasteiger partial charge in [0.15, 0.2) is 0 Å². The Labute approximate surface area is 327 Å². The van der Waals surface area contributed by atoms with Crippen LogP contribution in [0.4, 0.5) is 0 Å². The third-order valence-electron chi connectivity index (χ3n) is 12.5. The lowest BCUT2D eigenvalue weighted by Crippen LogP contribution is -2.07. The van der Waals surface area contributed by atoms with Crippen molar-refractivity contribution in [3.8, 4) is 16.8 Å². The maximum Gasteiger partial charge on any atom is 0.136 e. The van der Waals surface area contributed by atoms with Crippen LogP contribution < -0.4 is 0 Å². The highest BCUT2D eigenvalue weighted by atomic mass is 16.3. The molecule has 1 aliphatic rings. The first-order valence-electron chi connectivity index (χ1n) is 19.9. The summed E-state index contributed by atoms with van der Waals surface area (Å²) in [5, 5.41) is 15.0. The summed E-state index contributed by atoms with van der Waals surface area (Å²) in [7, 11) is 0. The van der Waals surface area contributed by atoms with Gasteiger partial charge >= 0.3 is 0 Å². The average molecular weight is 727 g/mol. The minimum Gasteiger partial charge on any atom is -0.456 e. The molecule has 0 spiro atoms. The third-order valence-corrected chi connectivity index (χ3v) is 12.5. The van der Waals surface area contributed by atoms with Crippen LogP contribution in [-0.2, 0) is 0 Å². The molecule has 57 heavy (non-hydrogen) atoms. The Bertz CT molecular complexity index is 3740. The van der Waals surface area contributed by atoms with Crippen LogP contribution in [0.25, 0.3) is 115 Å². The molecule has 3 nitrogen and oxygen atoms in total. The van der Waals surface area contributed by atoms with E-state index in [1.54, 1.807) is 0 Å². The van der Waals surface area contributed by atoms with Crippen molar-refractivity contribution in [2.75, 3.05) is 0 Å². The molecule has 3 aromatic heterocycles. The molecule has 13 rings (SSSR count). The molecule has 12 aromatic rings. The van der Waals surface area contributed by atoms with Crippen molar-refractivity contribution in [3.05, 3.63) is 188 Å². The molecule has 3 heterocycles. The fraction of sp³-hybridized carbons (Fsp3) is 0.0370. The Morgan fingerprint density at radius 3 is 2.04 bits per heavy atom. The second kappa shape index (κ2) is 11.6. The van der Waals surface area contributed by atoms with E-state index < -0.39 is 0 Å². The molecule has 0 amide bonds. The molecule has 1 aliphatic carbocycles. The number of aromatic nitrogens is 2. The molecule has 0 aliphatic heterocycles. The van der Waals surface area contributed by atoms with Crippen molar-refractivity contribution in [3.63, 3.8) is 0 Å². The van der Waals surface area contributed by atoms with Crippen LogP contribution in [-0.4, -0.2) is 9.13 Å². The molecular weight excluding hydrogens is 693 g/mol. The average Bonchev–Trinajstić information content (AvgIpc) is 3.95. The zero-order valence-corrected chi connectivity index (χ0v) is 31.0. The van der Waals surface area contributed by atoms with Gasteiger partial charge in [-0.15, -0.1) is 0 Å². The maximum absolute atomic E-state index is 6.22. The summed E-state index contributed by atoms with van der Waals surface area (Å²) in [4.78, 5) is 0. The topological polar surface area (TPSA) is 23.0 Å². The molecule has 3 heteroatoms. The van der Waals surface area contributed by atoms with Crippen LogP contribution in [0.2, 0.25) is 0 Å². The zero-order chi connectivity index (χ0) is 37.2. The summed E-state index contributed by atoms with van der Waals surface area (Å²) >= 11 is 0. The van der Waals surface area contributed by atoms with Gasteiger partial charge in [-0.2, -0.15) is 0 Å². The van der Waals surface area contributed by atoms with Gasteiger partial charge in [-0.05, 0) is 70.1 Å². The molecule has 1 unspecified atom stereocenters. The Morgan fingerprint density at radius 2 is 1.16 bits per heavy atom. The van der Waals surface area contributed by atoms with E-state index in [1.807, 2.05) is 6.07 Å². The first-order valence-corrected chi connectivity index (χ1v) is 19.9. The van der Waals surface area contributed by atoms with E-state index in [2.05, 4.69) is 191 Å². The molecule has 0 radical (unpaired) electrons. The molecule has 0 bridgehead atoms. The molecular formula is C54H34N2O. The monoisotopic (exact) mass is 726 g/mol. The van der Waals surface area contributed by atoms with E-state index in [0.717, 1.165) is 28.7 Å². The fourth-order valence-electron chi connectivity index (χ4n) is 10.2. The van der Waals surface area contributed by atoms with Crippen molar-refractivity contribution in [1.82, 2.24) is 9.13 Å². The normalized spacial score (nSPS) is 14.6. The van der Waals surface area contributed by atoms with Gasteiger partial charge in [0.1, 0.15) is 11.2 Å². The number of nitrogens with zero attached hydrogens (tertiary/aromatic N) is 2. The number of para-hydroxylation sites is 2. The molecule has 0 N–H and O–H groups in total. The second-order valence-electron chi connectivity index (χ2n) is 15.5. The Morgan fingerprint density at radius 1 is 0.439 bits per heavy atom. The summed E-state index contributed by atoms with van der Waals surface area (Å²) in [6.07, 6.45) is 10.0. The van der Waals surface area contributed by atoms with Gasteiger partial charge in [0.2, 0.25) is 0 Å². The minimum atomic E-state index is 0.206. The predicted molar refractivity (Wildman–Crippen MR) is 241 cm³/mol. The quantitative estimate of drug-likeness (QED) is 0.178. The van der Waals surface area contributed by atoms with Gasteiger partial charge in [0.05, 0.1) is 28.1 Å². The van der Waals surface area contributed by atoms with Crippen LogP contribution in [0.3, 0.4) is 0 Å². The highest BCUT2D eigenvalue weighted by Crippen LogP contribution is 2.49. The van der Waals surface area contributed by atoms with E-state index >= 15 is 0 Å². The van der Waals surface area contributed by atoms with Gasteiger partial charge in [-0.1, -0.05) is 152 Å². The molecule has 266 valence electrons. The van der Waals surface area contributed by atoms with E-state index in [-0.39, 0.29) is 6.04 Å². The number of hydrogen-bond acceptors (Lipinski definition) is 1. The number of furan rings is 1. The summed E-state index contributed by atoms with van der Waals surface area (Å²) < 4.78 is 11.4. The Balaban J connectivity index is 1.11. The van der Waals surface area contributed by atoms with Crippen molar-refractivity contribution in [1.29, 1.82) is 0 Å². The van der Waals surface area contributed by atoms with E-state index in [1.165, 1.54) is 92.4 Å². The lowest BCUT2D eigenvalue weighted by atomic mass is 9.98. The Hall–Kier alpha value is -7.36. The van der Waals surface area contributed by atoms with E-state index in [0.29, 0.717) is 0 Å². The van der Waals surface area contributed by atoms with Gasteiger partial charge in [-0.25, -0.2) is 0 Å². The van der Waals surface area contributed by atoms with Crippen LogP contribution in [0, 0.1) is 0 Å². The lowest BCUT2D eigenvalue weighted by Gasteiger charge is -2.20. The molecule has 1 atom stereocenters. The first-order chi connectivity index (χ1) is 28.3. The molecule has 9 aromatic carbocycles. The van der Waals surface area contributed by atoms with Gasteiger partial charge in [0.25, 0.3) is 0 Å². The summed E-state index contributed by atoms with van der Waals surface area (Å²) in [6, 6.07) is 60.4. The van der Waals surface area contributed by atoms with Crippen LogP contribution >= 0.6 is 0 Å².